The van der Waals surface area contributed by atoms with E-state index in [2.05, 4.69) is 23.2 Å². The first-order valence-corrected chi connectivity index (χ1v) is 6.65. The molecule has 1 fully saturated rings. The number of hydrogen-bond donors (Lipinski definition) is 3. The molecule has 2 aromatic rings. The van der Waals surface area contributed by atoms with Gasteiger partial charge >= 0.3 is 5.97 Å². The predicted octanol–water partition coefficient (Wildman–Crippen LogP) is 2.31. The summed E-state index contributed by atoms with van der Waals surface area (Å²) in [4.78, 5) is 14.2. The largest absolute Gasteiger partial charge is 0.480 e. The average molecular weight is 258 g/mol. The summed E-state index contributed by atoms with van der Waals surface area (Å²) >= 11 is 0. The molecule has 1 aliphatic carbocycles. The van der Waals surface area contributed by atoms with E-state index in [4.69, 9.17) is 10.8 Å². The van der Waals surface area contributed by atoms with E-state index in [1.165, 1.54) is 18.4 Å². The number of H-pyrrole nitrogens is 1. The van der Waals surface area contributed by atoms with E-state index >= 15 is 0 Å². The zero-order valence-corrected chi connectivity index (χ0v) is 10.9. The Hall–Kier alpha value is -1.81. The van der Waals surface area contributed by atoms with E-state index in [1.54, 1.807) is 0 Å². The van der Waals surface area contributed by atoms with Crippen LogP contribution in [0.2, 0.25) is 0 Å². The highest BCUT2D eigenvalue weighted by Gasteiger charge is 2.24. The van der Waals surface area contributed by atoms with E-state index in [0.717, 1.165) is 22.2 Å². The number of nitrogens with one attached hydrogen (secondary N) is 1. The standard InChI is InChI=1S/C15H18N2O2/c1-8-11(7-13(16)15(18)19)12-6-10(9-2-3-9)4-5-14(12)17-8/h4-6,9,13,17H,2-3,7,16H2,1H3,(H,18,19). The molecule has 4 heteroatoms. The minimum absolute atomic E-state index is 0.370. The second-order valence-corrected chi connectivity index (χ2v) is 5.46. The number of carboxylic acids is 1. The summed E-state index contributed by atoms with van der Waals surface area (Å²) in [5, 5.41) is 10.1. The summed E-state index contributed by atoms with van der Waals surface area (Å²) in [6.45, 7) is 1.97. The third-order valence-electron chi connectivity index (χ3n) is 3.93. The van der Waals surface area contributed by atoms with Crippen molar-refractivity contribution in [3.63, 3.8) is 0 Å². The molecule has 1 aromatic carbocycles. The molecule has 0 amide bonds. The van der Waals surface area contributed by atoms with E-state index in [9.17, 15) is 4.79 Å². The maximum absolute atomic E-state index is 10.9. The van der Waals surface area contributed by atoms with E-state index < -0.39 is 12.0 Å². The van der Waals surface area contributed by atoms with Gasteiger partial charge in [-0.15, -0.1) is 0 Å². The number of nitrogens with two attached hydrogens (primary N) is 1. The lowest BCUT2D eigenvalue weighted by Crippen LogP contribution is -2.32. The van der Waals surface area contributed by atoms with Gasteiger partial charge < -0.3 is 15.8 Å². The van der Waals surface area contributed by atoms with Crippen molar-refractivity contribution < 1.29 is 9.90 Å². The molecular formula is C15H18N2O2. The van der Waals surface area contributed by atoms with Crippen molar-refractivity contribution in [3.05, 3.63) is 35.0 Å². The van der Waals surface area contributed by atoms with Crippen LogP contribution in [0.5, 0.6) is 0 Å². The zero-order valence-electron chi connectivity index (χ0n) is 10.9. The fourth-order valence-electron chi connectivity index (χ4n) is 2.64. The molecule has 4 nitrogen and oxygen atoms in total. The van der Waals surface area contributed by atoms with Crippen molar-refractivity contribution in [3.8, 4) is 0 Å². The Labute approximate surface area is 111 Å². The van der Waals surface area contributed by atoms with Crippen LogP contribution in [0.25, 0.3) is 10.9 Å². The fourth-order valence-corrected chi connectivity index (χ4v) is 2.64. The number of benzene rings is 1. The SMILES string of the molecule is Cc1[nH]c2ccc(C3CC3)cc2c1CC(N)C(=O)O. The van der Waals surface area contributed by atoms with Crippen LogP contribution in [0.15, 0.2) is 18.2 Å². The molecule has 1 aromatic heterocycles. The smallest absolute Gasteiger partial charge is 0.320 e. The van der Waals surface area contributed by atoms with Gasteiger partial charge in [-0.05, 0) is 48.9 Å². The summed E-state index contributed by atoms with van der Waals surface area (Å²) in [6, 6.07) is 5.60. The second-order valence-electron chi connectivity index (χ2n) is 5.46. The minimum atomic E-state index is -0.952. The average Bonchev–Trinajstić information content (AvgIpc) is 3.16. The predicted molar refractivity (Wildman–Crippen MR) is 74.3 cm³/mol. The van der Waals surface area contributed by atoms with Gasteiger partial charge in [0, 0.05) is 23.0 Å². The van der Waals surface area contributed by atoms with Crippen molar-refractivity contribution >= 4 is 16.9 Å². The normalized spacial score (nSPS) is 16.7. The van der Waals surface area contributed by atoms with Gasteiger partial charge in [0.25, 0.3) is 0 Å². The molecule has 19 heavy (non-hydrogen) atoms. The van der Waals surface area contributed by atoms with Gasteiger partial charge in [-0.1, -0.05) is 6.07 Å². The zero-order chi connectivity index (χ0) is 13.6. The minimum Gasteiger partial charge on any atom is -0.480 e. The summed E-state index contributed by atoms with van der Waals surface area (Å²) in [7, 11) is 0. The first-order valence-electron chi connectivity index (χ1n) is 6.65. The van der Waals surface area contributed by atoms with Gasteiger partial charge in [-0.25, -0.2) is 0 Å². The molecule has 1 heterocycles. The van der Waals surface area contributed by atoms with Gasteiger partial charge in [0.15, 0.2) is 0 Å². The first kappa shape index (κ1) is 12.2. The van der Waals surface area contributed by atoms with Crippen LogP contribution in [0.4, 0.5) is 0 Å². The summed E-state index contributed by atoms with van der Waals surface area (Å²) in [5.74, 6) is -0.257. The lowest BCUT2D eigenvalue weighted by molar-refractivity contribution is -0.138. The molecule has 100 valence electrons. The molecule has 0 saturated heterocycles. The van der Waals surface area contributed by atoms with Crippen LogP contribution in [-0.4, -0.2) is 22.1 Å². The number of rotatable bonds is 4. The Morgan fingerprint density at radius 2 is 2.26 bits per heavy atom. The quantitative estimate of drug-likeness (QED) is 0.787. The van der Waals surface area contributed by atoms with Gasteiger partial charge in [0.05, 0.1) is 0 Å². The van der Waals surface area contributed by atoms with E-state index in [1.807, 2.05) is 6.92 Å². The molecule has 4 N–H and O–H groups in total. The lowest BCUT2D eigenvalue weighted by atomic mass is 10.0. The number of aryl methyl sites for hydroxylation is 1. The van der Waals surface area contributed by atoms with E-state index in [-0.39, 0.29) is 0 Å². The van der Waals surface area contributed by atoms with Gasteiger partial charge in [-0.3, -0.25) is 4.79 Å². The summed E-state index contributed by atoms with van der Waals surface area (Å²) in [5.41, 5.74) is 10.1. The van der Waals surface area contributed by atoms with Crippen molar-refractivity contribution in [1.82, 2.24) is 4.98 Å². The molecule has 1 aliphatic rings. The lowest BCUT2D eigenvalue weighted by Gasteiger charge is -2.07. The first-order chi connectivity index (χ1) is 9.06. The van der Waals surface area contributed by atoms with Gasteiger partial charge in [-0.2, -0.15) is 0 Å². The van der Waals surface area contributed by atoms with Gasteiger partial charge in [0.1, 0.15) is 6.04 Å². The maximum atomic E-state index is 10.9. The van der Waals surface area contributed by atoms with Gasteiger partial charge in [0.2, 0.25) is 0 Å². The Bertz CT molecular complexity index is 641. The number of hydrogen-bond acceptors (Lipinski definition) is 2. The van der Waals surface area contributed by atoms with E-state index in [0.29, 0.717) is 12.3 Å². The highest BCUT2D eigenvalue weighted by atomic mass is 16.4. The Balaban J connectivity index is 2.03. The second kappa shape index (κ2) is 4.38. The molecule has 1 atom stereocenters. The van der Waals surface area contributed by atoms with Crippen molar-refractivity contribution in [2.24, 2.45) is 5.73 Å². The van der Waals surface area contributed by atoms with Crippen LogP contribution < -0.4 is 5.73 Å². The molecular weight excluding hydrogens is 240 g/mol. The molecule has 0 bridgehead atoms. The van der Waals surface area contributed by atoms with Crippen molar-refractivity contribution in [2.75, 3.05) is 0 Å². The number of aromatic amines is 1. The van der Waals surface area contributed by atoms with Crippen LogP contribution in [0.1, 0.15) is 35.6 Å². The number of fused-ring (bicyclic) bond motifs is 1. The monoisotopic (exact) mass is 258 g/mol. The summed E-state index contributed by atoms with van der Waals surface area (Å²) in [6.07, 6.45) is 2.90. The Morgan fingerprint density at radius 1 is 1.53 bits per heavy atom. The third kappa shape index (κ3) is 2.24. The molecule has 0 radical (unpaired) electrons. The number of carboxylic acid groups (broad SMARTS) is 1. The van der Waals surface area contributed by atoms with Crippen molar-refractivity contribution in [2.45, 2.75) is 38.1 Å². The molecule has 0 aliphatic heterocycles. The molecule has 1 saturated carbocycles. The summed E-state index contributed by atoms with van der Waals surface area (Å²) < 4.78 is 0. The van der Waals surface area contributed by atoms with Crippen LogP contribution in [0.3, 0.4) is 0 Å². The number of aromatic nitrogens is 1. The Morgan fingerprint density at radius 3 is 2.89 bits per heavy atom. The van der Waals surface area contributed by atoms with Crippen LogP contribution >= 0.6 is 0 Å². The molecule has 1 unspecified atom stereocenters. The third-order valence-corrected chi connectivity index (χ3v) is 3.93. The van der Waals surface area contributed by atoms with Crippen LogP contribution in [-0.2, 0) is 11.2 Å². The highest BCUT2D eigenvalue weighted by molar-refractivity contribution is 5.86. The Kier molecular flexibility index (Phi) is 2.82. The van der Waals surface area contributed by atoms with Crippen LogP contribution in [0, 0.1) is 6.92 Å². The van der Waals surface area contributed by atoms with Crippen molar-refractivity contribution in [1.29, 1.82) is 0 Å². The highest BCUT2D eigenvalue weighted by Crippen LogP contribution is 2.41. The fraction of sp³-hybridized carbons (Fsp3) is 0.400. The molecule has 0 spiro atoms. The number of aliphatic carboxylic acids is 1. The number of carbonyl (C=O) groups is 1. The maximum Gasteiger partial charge on any atom is 0.320 e. The topological polar surface area (TPSA) is 79.1 Å². The molecule has 3 rings (SSSR count).